The van der Waals surface area contributed by atoms with Gasteiger partial charge in [0.05, 0.1) is 6.10 Å². The number of nitrogens with one attached hydrogen (secondary N) is 1. The molecule has 2 N–H and O–H groups in total. The molecule has 120 valence electrons. The van der Waals surface area contributed by atoms with Crippen LogP contribution in [0.5, 0.6) is 0 Å². The van der Waals surface area contributed by atoms with Crippen molar-refractivity contribution in [2.75, 3.05) is 18.4 Å². The highest BCUT2D eigenvalue weighted by molar-refractivity contribution is 5.95. The van der Waals surface area contributed by atoms with E-state index < -0.39 is 12.1 Å². The highest BCUT2D eigenvalue weighted by Gasteiger charge is 2.32. The third-order valence-corrected chi connectivity index (χ3v) is 4.04. The zero-order chi connectivity index (χ0) is 16.2. The van der Waals surface area contributed by atoms with Crippen molar-refractivity contribution < 1.29 is 14.3 Å². The van der Waals surface area contributed by atoms with Gasteiger partial charge in [0.2, 0.25) is 5.91 Å². The lowest BCUT2D eigenvalue weighted by atomic mass is 10.0. The van der Waals surface area contributed by atoms with Gasteiger partial charge in [-0.25, -0.2) is 4.39 Å². The van der Waals surface area contributed by atoms with Gasteiger partial charge in [-0.3, -0.25) is 9.69 Å². The van der Waals surface area contributed by atoms with E-state index in [4.69, 9.17) is 0 Å². The third kappa shape index (κ3) is 3.75. The van der Waals surface area contributed by atoms with Crippen LogP contribution in [0.2, 0.25) is 0 Å². The van der Waals surface area contributed by atoms with Crippen molar-refractivity contribution in [1.82, 2.24) is 4.90 Å². The van der Waals surface area contributed by atoms with E-state index in [1.54, 1.807) is 0 Å². The molecule has 23 heavy (non-hydrogen) atoms. The van der Waals surface area contributed by atoms with Gasteiger partial charge in [0, 0.05) is 18.8 Å². The number of benzene rings is 2. The number of carbonyl (C=O) groups excluding carboxylic acids is 1. The molecule has 0 spiro atoms. The summed E-state index contributed by atoms with van der Waals surface area (Å²) < 4.78 is 13.0. The molecule has 0 aromatic heterocycles. The first-order valence-electron chi connectivity index (χ1n) is 7.67. The predicted octanol–water partition coefficient (Wildman–Crippen LogP) is 2.57. The van der Waals surface area contributed by atoms with Gasteiger partial charge in [-0.2, -0.15) is 0 Å². The van der Waals surface area contributed by atoms with Gasteiger partial charge in [0.15, 0.2) is 0 Å². The fraction of sp³-hybridized carbons (Fsp3) is 0.278. The van der Waals surface area contributed by atoms with Crippen LogP contribution in [0.1, 0.15) is 18.0 Å². The number of rotatable bonds is 4. The summed E-state index contributed by atoms with van der Waals surface area (Å²) in [5.41, 5.74) is 1.43. The van der Waals surface area contributed by atoms with Crippen molar-refractivity contribution in [2.45, 2.75) is 18.6 Å². The van der Waals surface area contributed by atoms with E-state index in [1.165, 1.54) is 24.3 Å². The van der Waals surface area contributed by atoms with Crippen LogP contribution in [0.4, 0.5) is 10.1 Å². The molecule has 1 aliphatic rings. The molecular formula is C18H19FN2O2. The van der Waals surface area contributed by atoms with Crippen LogP contribution < -0.4 is 5.32 Å². The number of likely N-dealkylation sites (tertiary alicyclic amines) is 1. The first kappa shape index (κ1) is 15.6. The minimum absolute atomic E-state index is 0.183. The van der Waals surface area contributed by atoms with E-state index >= 15 is 0 Å². The van der Waals surface area contributed by atoms with Crippen LogP contribution >= 0.6 is 0 Å². The van der Waals surface area contributed by atoms with Gasteiger partial charge in [-0.15, -0.1) is 0 Å². The van der Waals surface area contributed by atoms with Crippen molar-refractivity contribution in [3.8, 4) is 0 Å². The summed E-state index contributed by atoms with van der Waals surface area (Å²) >= 11 is 0. The van der Waals surface area contributed by atoms with Crippen LogP contribution in [0.3, 0.4) is 0 Å². The molecule has 5 heteroatoms. The zero-order valence-electron chi connectivity index (χ0n) is 12.7. The third-order valence-electron chi connectivity index (χ3n) is 4.04. The Morgan fingerprint density at radius 1 is 1.17 bits per heavy atom. The summed E-state index contributed by atoms with van der Waals surface area (Å²) in [6.07, 6.45) is 0.257. The Balaban J connectivity index is 1.82. The molecule has 0 aliphatic carbocycles. The van der Waals surface area contributed by atoms with Crippen LogP contribution in [0.15, 0.2) is 54.6 Å². The first-order valence-corrected chi connectivity index (χ1v) is 7.67. The molecule has 0 bridgehead atoms. The Kier molecular flexibility index (Phi) is 4.69. The maximum absolute atomic E-state index is 13.0. The van der Waals surface area contributed by atoms with Crippen molar-refractivity contribution in [3.63, 3.8) is 0 Å². The monoisotopic (exact) mass is 314 g/mol. The minimum Gasteiger partial charge on any atom is -0.392 e. The number of nitrogens with zero attached hydrogens (tertiary/aromatic N) is 1. The van der Waals surface area contributed by atoms with Crippen LogP contribution in [0, 0.1) is 5.82 Å². The molecule has 2 atom stereocenters. The average Bonchev–Trinajstić information content (AvgIpc) is 2.97. The summed E-state index contributed by atoms with van der Waals surface area (Å²) in [6.45, 7) is 1.13. The zero-order valence-corrected chi connectivity index (χ0v) is 12.7. The Labute approximate surface area is 134 Å². The van der Waals surface area contributed by atoms with E-state index in [0.717, 1.165) is 5.56 Å². The summed E-state index contributed by atoms with van der Waals surface area (Å²) in [5, 5.41) is 12.6. The number of aliphatic hydroxyl groups is 1. The fourth-order valence-electron chi connectivity index (χ4n) is 2.91. The minimum atomic E-state index is -0.474. The van der Waals surface area contributed by atoms with Gasteiger partial charge in [0.25, 0.3) is 0 Å². The van der Waals surface area contributed by atoms with E-state index in [2.05, 4.69) is 5.32 Å². The topological polar surface area (TPSA) is 52.6 Å². The van der Waals surface area contributed by atoms with E-state index in [0.29, 0.717) is 25.2 Å². The predicted molar refractivity (Wildman–Crippen MR) is 86.4 cm³/mol. The van der Waals surface area contributed by atoms with Crippen molar-refractivity contribution in [1.29, 1.82) is 0 Å². The van der Waals surface area contributed by atoms with Crippen LogP contribution in [-0.2, 0) is 4.79 Å². The lowest BCUT2D eigenvalue weighted by molar-refractivity contribution is -0.121. The first-order chi connectivity index (χ1) is 11.1. The Morgan fingerprint density at radius 3 is 2.48 bits per heavy atom. The number of halogens is 1. The number of hydrogen-bond acceptors (Lipinski definition) is 3. The number of hydrogen-bond donors (Lipinski definition) is 2. The van der Waals surface area contributed by atoms with E-state index in [1.807, 2.05) is 35.2 Å². The number of β-amino-alcohol motifs (C(OH)–C–C–N with tert-alkyl or cyclic N) is 1. The molecule has 1 aliphatic heterocycles. The quantitative estimate of drug-likeness (QED) is 0.912. The van der Waals surface area contributed by atoms with Crippen LogP contribution in [0.25, 0.3) is 0 Å². The lowest BCUT2D eigenvalue weighted by Crippen LogP contribution is -2.36. The largest absolute Gasteiger partial charge is 0.392 e. The number of amides is 1. The Hall–Kier alpha value is -2.24. The van der Waals surface area contributed by atoms with Gasteiger partial charge < -0.3 is 10.4 Å². The van der Waals surface area contributed by atoms with Gasteiger partial charge in [0.1, 0.15) is 11.9 Å². The second kappa shape index (κ2) is 6.89. The molecule has 2 aromatic rings. The lowest BCUT2D eigenvalue weighted by Gasteiger charge is -2.27. The molecular weight excluding hydrogens is 295 g/mol. The molecule has 0 radical (unpaired) electrons. The summed E-state index contributed by atoms with van der Waals surface area (Å²) in [6, 6.07) is 14.7. The Bertz CT molecular complexity index is 660. The van der Waals surface area contributed by atoms with Crippen molar-refractivity contribution in [3.05, 3.63) is 66.0 Å². The van der Waals surface area contributed by atoms with E-state index in [9.17, 15) is 14.3 Å². The molecule has 1 amide bonds. The second-order valence-electron chi connectivity index (χ2n) is 5.75. The highest BCUT2D eigenvalue weighted by Crippen LogP contribution is 2.26. The molecule has 4 nitrogen and oxygen atoms in total. The molecule has 1 heterocycles. The highest BCUT2D eigenvalue weighted by atomic mass is 19.1. The van der Waals surface area contributed by atoms with Crippen molar-refractivity contribution >= 4 is 11.6 Å². The van der Waals surface area contributed by atoms with E-state index in [-0.39, 0.29) is 11.7 Å². The molecule has 1 saturated heterocycles. The number of anilines is 1. The average molecular weight is 314 g/mol. The smallest absolute Gasteiger partial charge is 0.246 e. The summed E-state index contributed by atoms with van der Waals surface area (Å²) in [7, 11) is 0. The standard InChI is InChI=1S/C18H19FN2O2/c19-14-6-8-15(9-7-14)20-18(23)17(13-4-2-1-3-5-13)21-11-10-16(22)12-21/h1-9,16-17,22H,10-12H2,(H,20,23)/t16-,17+/m1/s1. The van der Waals surface area contributed by atoms with Crippen LogP contribution in [-0.4, -0.2) is 35.1 Å². The van der Waals surface area contributed by atoms with Gasteiger partial charge in [-0.05, 0) is 36.2 Å². The molecule has 0 unspecified atom stereocenters. The Morgan fingerprint density at radius 2 is 1.87 bits per heavy atom. The maximum atomic E-state index is 13.0. The summed E-state index contributed by atoms with van der Waals surface area (Å²) in [5.74, 6) is -0.526. The maximum Gasteiger partial charge on any atom is 0.246 e. The normalized spacial score (nSPS) is 19.5. The van der Waals surface area contributed by atoms with Crippen molar-refractivity contribution in [2.24, 2.45) is 0 Å². The fourth-order valence-corrected chi connectivity index (χ4v) is 2.91. The number of aliphatic hydroxyl groups excluding tert-OH is 1. The number of carbonyl (C=O) groups is 1. The molecule has 1 fully saturated rings. The molecule has 3 rings (SSSR count). The molecule has 2 aromatic carbocycles. The van der Waals surface area contributed by atoms with Gasteiger partial charge in [-0.1, -0.05) is 30.3 Å². The SMILES string of the molecule is O=C(Nc1ccc(F)cc1)[C@H](c1ccccc1)N1CC[C@@H](O)C1. The summed E-state index contributed by atoms with van der Waals surface area (Å²) in [4.78, 5) is 14.7. The molecule has 0 saturated carbocycles. The second-order valence-corrected chi connectivity index (χ2v) is 5.75. The van der Waals surface area contributed by atoms with Gasteiger partial charge >= 0.3 is 0 Å².